The maximum atomic E-state index is 4.52. The van der Waals surface area contributed by atoms with E-state index in [1.165, 1.54) is 29.7 Å². The lowest BCUT2D eigenvalue weighted by Crippen LogP contribution is -2.14. The largest absolute Gasteiger partial charge is 0.313 e. The monoisotopic (exact) mass is 271 g/mol. The summed E-state index contributed by atoms with van der Waals surface area (Å²) in [5, 5.41) is 7.99. The van der Waals surface area contributed by atoms with Crippen molar-refractivity contribution in [1.82, 2.24) is 15.1 Å². The third-order valence-corrected chi connectivity index (χ3v) is 3.72. The zero-order valence-electron chi connectivity index (χ0n) is 12.8. The molecule has 0 bridgehead atoms. The Morgan fingerprint density at radius 1 is 1.15 bits per heavy atom. The molecule has 0 aliphatic carbocycles. The lowest BCUT2D eigenvalue weighted by atomic mass is 10.1. The Morgan fingerprint density at radius 2 is 1.90 bits per heavy atom. The molecule has 108 valence electrons. The smallest absolute Gasteiger partial charge is 0.0648 e. The summed E-state index contributed by atoms with van der Waals surface area (Å²) in [5.74, 6) is 0. The lowest BCUT2D eigenvalue weighted by molar-refractivity contribution is 0.639. The average molecular weight is 271 g/mol. The standard InChI is InChI=1S/C17H25N3/c1-4-6-11-18-12-16-13-19-20(14(16)3)17-9-7-15(5-2)8-10-17/h7-10,13,18H,4-6,11-12H2,1-3H3. The van der Waals surface area contributed by atoms with Crippen LogP contribution in [0.4, 0.5) is 0 Å². The number of nitrogens with one attached hydrogen (secondary N) is 1. The van der Waals surface area contributed by atoms with Gasteiger partial charge in [-0.2, -0.15) is 5.10 Å². The van der Waals surface area contributed by atoms with Crippen molar-refractivity contribution in [2.24, 2.45) is 0 Å². The van der Waals surface area contributed by atoms with Crippen LogP contribution in [-0.2, 0) is 13.0 Å². The molecule has 2 aromatic rings. The maximum absolute atomic E-state index is 4.52. The van der Waals surface area contributed by atoms with Crippen LogP contribution in [0.15, 0.2) is 30.5 Å². The van der Waals surface area contributed by atoms with Gasteiger partial charge in [0.2, 0.25) is 0 Å². The van der Waals surface area contributed by atoms with Crippen molar-refractivity contribution >= 4 is 0 Å². The molecule has 3 nitrogen and oxygen atoms in total. The van der Waals surface area contributed by atoms with Gasteiger partial charge in [0.15, 0.2) is 0 Å². The molecule has 20 heavy (non-hydrogen) atoms. The molecule has 1 heterocycles. The number of rotatable bonds is 7. The first kappa shape index (κ1) is 14.8. The highest BCUT2D eigenvalue weighted by Crippen LogP contribution is 2.15. The summed E-state index contributed by atoms with van der Waals surface area (Å²) in [5.41, 5.74) is 5.00. The zero-order valence-corrected chi connectivity index (χ0v) is 12.8. The molecule has 3 heteroatoms. The van der Waals surface area contributed by atoms with E-state index in [-0.39, 0.29) is 0 Å². The maximum Gasteiger partial charge on any atom is 0.0648 e. The summed E-state index contributed by atoms with van der Waals surface area (Å²) in [6, 6.07) is 8.64. The number of hydrogen-bond donors (Lipinski definition) is 1. The number of aryl methyl sites for hydroxylation is 1. The summed E-state index contributed by atoms with van der Waals surface area (Å²) >= 11 is 0. The van der Waals surface area contributed by atoms with Gasteiger partial charge in [0.05, 0.1) is 11.9 Å². The lowest BCUT2D eigenvalue weighted by Gasteiger charge is -2.07. The van der Waals surface area contributed by atoms with Gasteiger partial charge in [0.1, 0.15) is 0 Å². The quantitative estimate of drug-likeness (QED) is 0.779. The van der Waals surface area contributed by atoms with Crippen molar-refractivity contribution in [3.8, 4) is 5.69 Å². The molecule has 1 aromatic carbocycles. The molecule has 2 rings (SSSR count). The normalized spacial score (nSPS) is 10.9. The predicted octanol–water partition coefficient (Wildman–Crippen LogP) is 3.63. The highest BCUT2D eigenvalue weighted by Gasteiger charge is 2.07. The third-order valence-electron chi connectivity index (χ3n) is 3.72. The fourth-order valence-corrected chi connectivity index (χ4v) is 2.28. The van der Waals surface area contributed by atoms with Crippen molar-refractivity contribution < 1.29 is 0 Å². The Balaban J connectivity index is 2.07. The number of hydrogen-bond acceptors (Lipinski definition) is 2. The Labute approximate surface area is 122 Å². The molecule has 0 fully saturated rings. The summed E-state index contributed by atoms with van der Waals surface area (Å²) in [7, 11) is 0. The first-order chi connectivity index (χ1) is 9.76. The van der Waals surface area contributed by atoms with E-state index in [4.69, 9.17) is 0 Å². The van der Waals surface area contributed by atoms with Crippen LogP contribution in [0.2, 0.25) is 0 Å². The van der Waals surface area contributed by atoms with E-state index >= 15 is 0 Å². The van der Waals surface area contributed by atoms with E-state index in [1.54, 1.807) is 0 Å². The van der Waals surface area contributed by atoms with Crippen molar-refractivity contribution in [3.05, 3.63) is 47.3 Å². The number of nitrogens with zero attached hydrogens (tertiary/aromatic N) is 2. The van der Waals surface area contributed by atoms with Crippen LogP contribution in [-0.4, -0.2) is 16.3 Å². The topological polar surface area (TPSA) is 29.9 Å². The van der Waals surface area contributed by atoms with Crippen molar-refractivity contribution in [3.63, 3.8) is 0 Å². The second kappa shape index (κ2) is 7.25. The third kappa shape index (κ3) is 3.48. The van der Waals surface area contributed by atoms with Crippen LogP contribution in [0.25, 0.3) is 5.69 Å². The van der Waals surface area contributed by atoms with Crippen LogP contribution in [0, 0.1) is 6.92 Å². The Bertz CT molecular complexity index is 526. The van der Waals surface area contributed by atoms with E-state index in [2.05, 4.69) is 55.5 Å². The first-order valence-corrected chi connectivity index (χ1v) is 7.59. The number of unbranched alkanes of at least 4 members (excludes halogenated alkanes) is 1. The molecule has 0 aliphatic heterocycles. The second-order valence-corrected chi connectivity index (χ2v) is 5.22. The van der Waals surface area contributed by atoms with Gasteiger partial charge in [0, 0.05) is 17.8 Å². The minimum atomic E-state index is 0.902. The number of benzene rings is 1. The van der Waals surface area contributed by atoms with Gasteiger partial charge >= 0.3 is 0 Å². The van der Waals surface area contributed by atoms with Crippen LogP contribution in [0.1, 0.15) is 43.5 Å². The van der Waals surface area contributed by atoms with Gasteiger partial charge in [-0.15, -0.1) is 0 Å². The number of aromatic nitrogens is 2. The average Bonchev–Trinajstić information content (AvgIpc) is 2.85. The zero-order chi connectivity index (χ0) is 14.4. The molecule has 0 aliphatic rings. The first-order valence-electron chi connectivity index (χ1n) is 7.59. The Morgan fingerprint density at radius 3 is 2.55 bits per heavy atom. The van der Waals surface area contributed by atoms with Crippen molar-refractivity contribution in [1.29, 1.82) is 0 Å². The molecule has 0 amide bonds. The highest BCUT2D eigenvalue weighted by atomic mass is 15.3. The molecule has 0 saturated heterocycles. The molecule has 1 aromatic heterocycles. The van der Waals surface area contributed by atoms with Gasteiger partial charge < -0.3 is 5.32 Å². The van der Waals surface area contributed by atoms with Gasteiger partial charge in [-0.05, 0) is 44.0 Å². The second-order valence-electron chi connectivity index (χ2n) is 5.22. The van der Waals surface area contributed by atoms with E-state index in [9.17, 15) is 0 Å². The molecule has 0 saturated carbocycles. The molecule has 0 spiro atoms. The van der Waals surface area contributed by atoms with E-state index in [0.717, 1.165) is 25.2 Å². The fraction of sp³-hybridized carbons (Fsp3) is 0.471. The van der Waals surface area contributed by atoms with Gasteiger partial charge in [0.25, 0.3) is 0 Å². The summed E-state index contributed by atoms with van der Waals surface area (Å²) < 4.78 is 2.02. The van der Waals surface area contributed by atoms with Crippen LogP contribution < -0.4 is 5.32 Å². The highest BCUT2D eigenvalue weighted by molar-refractivity contribution is 5.37. The van der Waals surface area contributed by atoms with Gasteiger partial charge in [-0.1, -0.05) is 32.4 Å². The van der Waals surface area contributed by atoms with Crippen molar-refractivity contribution in [2.75, 3.05) is 6.54 Å². The minimum absolute atomic E-state index is 0.902. The summed E-state index contributed by atoms with van der Waals surface area (Å²) in [6.07, 6.45) is 5.51. The van der Waals surface area contributed by atoms with Crippen molar-refractivity contribution in [2.45, 2.75) is 46.6 Å². The fourth-order valence-electron chi connectivity index (χ4n) is 2.28. The Kier molecular flexibility index (Phi) is 5.36. The predicted molar refractivity (Wildman–Crippen MR) is 84.3 cm³/mol. The molecular formula is C17H25N3. The van der Waals surface area contributed by atoms with Gasteiger partial charge in [-0.3, -0.25) is 0 Å². The van der Waals surface area contributed by atoms with Crippen LogP contribution in [0.5, 0.6) is 0 Å². The summed E-state index contributed by atoms with van der Waals surface area (Å²) in [6.45, 7) is 8.50. The SMILES string of the molecule is CCCCNCc1cnn(-c2ccc(CC)cc2)c1C. The molecule has 1 N–H and O–H groups in total. The van der Waals surface area contributed by atoms with E-state index in [1.807, 2.05) is 10.9 Å². The van der Waals surface area contributed by atoms with E-state index in [0.29, 0.717) is 0 Å². The van der Waals surface area contributed by atoms with Gasteiger partial charge in [-0.25, -0.2) is 4.68 Å². The van der Waals surface area contributed by atoms with E-state index < -0.39 is 0 Å². The Hall–Kier alpha value is -1.61. The molecular weight excluding hydrogens is 246 g/mol. The molecule has 0 atom stereocenters. The minimum Gasteiger partial charge on any atom is -0.313 e. The summed E-state index contributed by atoms with van der Waals surface area (Å²) in [4.78, 5) is 0. The van der Waals surface area contributed by atoms with Crippen LogP contribution in [0.3, 0.4) is 0 Å². The molecule has 0 unspecified atom stereocenters. The van der Waals surface area contributed by atoms with Crippen LogP contribution >= 0.6 is 0 Å². The molecule has 0 radical (unpaired) electrons.